The van der Waals surface area contributed by atoms with Crippen LogP contribution in [0.25, 0.3) is 0 Å². The minimum atomic E-state index is -0.165. The number of amides is 1. The van der Waals surface area contributed by atoms with Crippen LogP contribution in [0.5, 0.6) is 0 Å². The van der Waals surface area contributed by atoms with E-state index in [2.05, 4.69) is 22.1 Å². The first-order valence-corrected chi connectivity index (χ1v) is 6.84. The number of rotatable bonds is 4. The molecule has 1 aliphatic heterocycles. The molecule has 0 aromatic carbocycles. The number of carbonyl (C=O) groups excluding carboxylic acids is 1. The summed E-state index contributed by atoms with van der Waals surface area (Å²) < 4.78 is 5.50. The Morgan fingerprint density at radius 1 is 1.55 bits per heavy atom. The van der Waals surface area contributed by atoms with Crippen LogP contribution >= 0.6 is 0 Å². The molecule has 20 heavy (non-hydrogen) atoms. The zero-order valence-corrected chi connectivity index (χ0v) is 11.4. The van der Waals surface area contributed by atoms with Gasteiger partial charge in [-0.25, -0.2) is 4.98 Å². The summed E-state index contributed by atoms with van der Waals surface area (Å²) in [5, 5.41) is 2.85. The summed E-state index contributed by atoms with van der Waals surface area (Å²) in [6, 6.07) is 3.44. The van der Waals surface area contributed by atoms with E-state index in [4.69, 9.17) is 10.5 Å². The normalized spacial score (nSPS) is 17.4. The Kier molecular flexibility index (Phi) is 5.54. The number of ether oxygens (including phenoxy) is 1. The van der Waals surface area contributed by atoms with Gasteiger partial charge in [-0.05, 0) is 31.4 Å². The van der Waals surface area contributed by atoms with Gasteiger partial charge < -0.3 is 15.8 Å². The van der Waals surface area contributed by atoms with Crippen LogP contribution in [0.3, 0.4) is 0 Å². The number of nitrogens with two attached hydrogens (primary N) is 1. The number of nitrogens with zero attached hydrogens (tertiary/aromatic N) is 1. The summed E-state index contributed by atoms with van der Waals surface area (Å²) >= 11 is 0. The summed E-state index contributed by atoms with van der Waals surface area (Å²) in [5.41, 5.74) is 6.45. The molecule has 0 bridgehead atoms. The van der Waals surface area contributed by atoms with E-state index in [1.807, 2.05) is 0 Å². The van der Waals surface area contributed by atoms with E-state index in [0.29, 0.717) is 18.8 Å². The molecule has 2 rings (SSSR count). The fraction of sp³-hybridized carbons (Fsp3) is 0.467. The van der Waals surface area contributed by atoms with Crippen LogP contribution in [0.2, 0.25) is 0 Å². The Bertz CT molecular complexity index is 496. The lowest BCUT2D eigenvalue weighted by Crippen LogP contribution is -2.27. The first-order valence-electron chi connectivity index (χ1n) is 6.84. The molecule has 1 saturated heterocycles. The highest BCUT2D eigenvalue weighted by Crippen LogP contribution is 2.14. The summed E-state index contributed by atoms with van der Waals surface area (Å²) in [6.07, 6.45) is 4.93. The maximum absolute atomic E-state index is 11.9. The average molecular weight is 273 g/mol. The highest BCUT2D eigenvalue weighted by Gasteiger charge is 2.15. The van der Waals surface area contributed by atoms with Gasteiger partial charge >= 0.3 is 0 Å². The third-order valence-electron chi connectivity index (χ3n) is 3.11. The van der Waals surface area contributed by atoms with Crippen molar-refractivity contribution in [3.8, 4) is 11.8 Å². The predicted octanol–water partition coefficient (Wildman–Crippen LogP) is 0.691. The topological polar surface area (TPSA) is 77.2 Å². The highest BCUT2D eigenvalue weighted by molar-refractivity contribution is 5.92. The molecule has 1 aromatic rings. The Morgan fingerprint density at radius 3 is 3.10 bits per heavy atom. The zero-order chi connectivity index (χ0) is 14.2. The van der Waals surface area contributed by atoms with Crippen molar-refractivity contribution in [2.24, 2.45) is 5.73 Å². The molecule has 0 saturated carbocycles. The van der Waals surface area contributed by atoms with Crippen molar-refractivity contribution in [2.45, 2.75) is 25.4 Å². The van der Waals surface area contributed by atoms with Gasteiger partial charge in [-0.15, -0.1) is 0 Å². The molecule has 3 N–H and O–H groups in total. The second kappa shape index (κ2) is 7.63. The Labute approximate surface area is 118 Å². The van der Waals surface area contributed by atoms with Crippen LogP contribution in [0.15, 0.2) is 18.3 Å². The van der Waals surface area contributed by atoms with Gasteiger partial charge in [0.05, 0.1) is 12.6 Å². The lowest BCUT2D eigenvalue weighted by Gasteiger charge is -2.09. The maximum Gasteiger partial charge on any atom is 0.269 e. The largest absolute Gasteiger partial charge is 0.378 e. The first-order chi connectivity index (χ1) is 9.79. The van der Waals surface area contributed by atoms with Crippen molar-refractivity contribution < 1.29 is 9.53 Å². The molecule has 1 aliphatic rings. The van der Waals surface area contributed by atoms with Crippen molar-refractivity contribution in [2.75, 3.05) is 19.7 Å². The summed E-state index contributed by atoms with van der Waals surface area (Å²) in [4.78, 5) is 16.0. The number of hydrogen-bond acceptors (Lipinski definition) is 4. The molecule has 5 nitrogen and oxygen atoms in total. The lowest BCUT2D eigenvalue weighted by molar-refractivity contribution is 0.0903. The van der Waals surface area contributed by atoms with E-state index < -0.39 is 0 Å². The fourth-order valence-corrected chi connectivity index (χ4v) is 2.06. The standard InChI is InChI=1S/C15H19N3O2/c16-8-1-3-12-5-6-14(18-11-12)15(19)17-9-7-13-4-2-10-20-13/h5-6,11,13H,2,4,7-10,16H2,(H,17,19). The van der Waals surface area contributed by atoms with Gasteiger partial charge in [-0.2, -0.15) is 0 Å². The zero-order valence-electron chi connectivity index (χ0n) is 11.4. The van der Waals surface area contributed by atoms with Crippen LogP contribution in [0, 0.1) is 11.8 Å². The molecule has 1 aromatic heterocycles. The fourth-order valence-electron chi connectivity index (χ4n) is 2.06. The van der Waals surface area contributed by atoms with E-state index in [1.165, 1.54) is 0 Å². The van der Waals surface area contributed by atoms with Gasteiger partial charge in [0.25, 0.3) is 5.91 Å². The van der Waals surface area contributed by atoms with E-state index in [0.717, 1.165) is 31.4 Å². The molecular formula is C15H19N3O2. The smallest absolute Gasteiger partial charge is 0.269 e. The first kappa shape index (κ1) is 14.5. The SMILES string of the molecule is NCC#Cc1ccc(C(=O)NCCC2CCCO2)nc1. The molecule has 1 atom stereocenters. The van der Waals surface area contributed by atoms with Crippen LogP contribution in [-0.4, -0.2) is 36.7 Å². The molecule has 0 aliphatic carbocycles. The molecule has 1 amide bonds. The number of pyridine rings is 1. The van der Waals surface area contributed by atoms with Crippen LogP contribution in [-0.2, 0) is 4.74 Å². The van der Waals surface area contributed by atoms with Gasteiger partial charge in [0.1, 0.15) is 5.69 Å². The summed E-state index contributed by atoms with van der Waals surface area (Å²) in [5.74, 6) is 5.44. The van der Waals surface area contributed by atoms with E-state index in [-0.39, 0.29) is 12.0 Å². The van der Waals surface area contributed by atoms with Gasteiger partial charge in [-0.3, -0.25) is 4.79 Å². The molecule has 2 heterocycles. The third-order valence-corrected chi connectivity index (χ3v) is 3.11. The quantitative estimate of drug-likeness (QED) is 0.791. The monoisotopic (exact) mass is 273 g/mol. The van der Waals surface area contributed by atoms with Crippen molar-refractivity contribution in [1.82, 2.24) is 10.3 Å². The van der Waals surface area contributed by atoms with Crippen LogP contribution in [0.1, 0.15) is 35.3 Å². The van der Waals surface area contributed by atoms with Gasteiger partial charge in [0.15, 0.2) is 0 Å². The Balaban J connectivity index is 1.79. The third kappa shape index (κ3) is 4.34. The molecule has 0 radical (unpaired) electrons. The second-order valence-electron chi connectivity index (χ2n) is 4.62. The highest BCUT2D eigenvalue weighted by atomic mass is 16.5. The van der Waals surface area contributed by atoms with Crippen LogP contribution < -0.4 is 11.1 Å². The Morgan fingerprint density at radius 2 is 2.45 bits per heavy atom. The number of hydrogen-bond donors (Lipinski definition) is 2. The minimum Gasteiger partial charge on any atom is -0.378 e. The summed E-state index contributed by atoms with van der Waals surface area (Å²) in [7, 11) is 0. The summed E-state index contributed by atoms with van der Waals surface area (Å²) in [6.45, 7) is 1.76. The predicted molar refractivity (Wildman–Crippen MR) is 76.1 cm³/mol. The maximum atomic E-state index is 11.9. The number of aromatic nitrogens is 1. The molecule has 1 unspecified atom stereocenters. The van der Waals surface area contributed by atoms with E-state index in [9.17, 15) is 4.79 Å². The lowest BCUT2D eigenvalue weighted by atomic mass is 10.2. The van der Waals surface area contributed by atoms with Crippen molar-refractivity contribution in [3.63, 3.8) is 0 Å². The number of carbonyl (C=O) groups is 1. The van der Waals surface area contributed by atoms with Crippen molar-refractivity contribution >= 4 is 5.91 Å². The van der Waals surface area contributed by atoms with Crippen molar-refractivity contribution in [3.05, 3.63) is 29.6 Å². The van der Waals surface area contributed by atoms with Gasteiger partial charge in [-0.1, -0.05) is 11.8 Å². The van der Waals surface area contributed by atoms with E-state index >= 15 is 0 Å². The molecule has 1 fully saturated rings. The van der Waals surface area contributed by atoms with E-state index in [1.54, 1.807) is 18.3 Å². The van der Waals surface area contributed by atoms with Gasteiger partial charge in [0, 0.05) is 24.9 Å². The van der Waals surface area contributed by atoms with Crippen LogP contribution in [0.4, 0.5) is 0 Å². The molecular weight excluding hydrogens is 254 g/mol. The molecule has 106 valence electrons. The second-order valence-corrected chi connectivity index (χ2v) is 4.62. The van der Waals surface area contributed by atoms with Gasteiger partial charge in [0.2, 0.25) is 0 Å². The Hall–Kier alpha value is -1.90. The number of nitrogens with one attached hydrogen (secondary N) is 1. The molecule has 5 heteroatoms. The van der Waals surface area contributed by atoms with Crippen molar-refractivity contribution in [1.29, 1.82) is 0 Å². The molecule has 0 spiro atoms. The minimum absolute atomic E-state index is 0.165. The average Bonchev–Trinajstić information content (AvgIpc) is 2.99.